The standard InChI is InChI=1S/C27H31N3O2/c1-18-14-21(31)17-24(28)22(18)9-11-27(32)29-25-12-13-30(2)26-10-8-20(16-23(25)26)15-19-6-4-3-5-7-19/h3-8,10,14,16-17,25,31H,9,11-13,15,28H2,1-2H3,(H,29,32). The van der Waals surface area contributed by atoms with Gasteiger partial charge >= 0.3 is 0 Å². The number of aryl methyl sites for hydroxylation is 1. The van der Waals surface area contributed by atoms with Gasteiger partial charge in [0.15, 0.2) is 0 Å². The van der Waals surface area contributed by atoms with Gasteiger partial charge in [0.25, 0.3) is 0 Å². The molecule has 3 aromatic rings. The number of aromatic hydroxyl groups is 1. The zero-order valence-electron chi connectivity index (χ0n) is 18.8. The number of nitrogens with two attached hydrogens (primary N) is 1. The highest BCUT2D eigenvalue weighted by Gasteiger charge is 2.25. The lowest BCUT2D eigenvalue weighted by Gasteiger charge is -2.34. The smallest absolute Gasteiger partial charge is 0.220 e. The first-order valence-corrected chi connectivity index (χ1v) is 11.2. The van der Waals surface area contributed by atoms with Crippen LogP contribution < -0.4 is 16.0 Å². The van der Waals surface area contributed by atoms with Crippen LogP contribution in [-0.4, -0.2) is 24.6 Å². The van der Waals surface area contributed by atoms with E-state index in [1.807, 2.05) is 13.0 Å². The first kappa shape index (κ1) is 21.8. The molecule has 0 spiro atoms. The number of nitrogens with zero attached hydrogens (tertiary/aromatic N) is 1. The van der Waals surface area contributed by atoms with Crippen molar-refractivity contribution in [1.82, 2.24) is 5.32 Å². The van der Waals surface area contributed by atoms with Crippen molar-refractivity contribution >= 4 is 17.3 Å². The van der Waals surface area contributed by atoms with Gasteiger partial charge in [-0.25, -0.2) is 0 Å². The molecule has 5 nitrogen and oxygen atoms in total. The summed E-state index contributed by atoms with van der Waals surface area (Å²) < 4.78 is 0. The third kappa shape index (κ3) is 4.88. The molecule has 4 rings (SSSR count). The van der Waals surface area contributed by atoms with Crippen LogP contribution in [0, 0.1) is 6.92 Å². The Kier molecular flexibility index (Phi) is 6.35. The number of carbonyl (C=O) groups excluding carboxylic acids is 1. The highest BCUT2D eigenvalue weighted by molar-refractivity contribution is 5.78. The van der Waals surface area contributed by atoms with E-state index in [-0.39, 0.29) is 17.7 Å². The van der Waals surface area contributed by atoms with Crippen molar-refractivity contribution in [2.75, 3.05) is 24.2 Å². The summed E-state index contributed by atoms with van der Waals surface area (Å²) in [5.41, 5.74) is 13.3. The van der Waals surface area contributed by atoms with Gasteiger partial charge in [0.2, 0.25) is 5.91 Å². The Balaban J connectivity index is 1.47. The molecule has 0 saturated heterocycles. The van der Waals surface area contributed by atoms with Crippen LogP contribution >= 0.6 is 0 Å². The topological polar surface area (TPSA) is 78.6 Å². The highest BCUT2D eigenvalue weighted by Crippen LogP contribution is 2.34. The molecular formula is C27H31N3O2. The Morgan fingerprint density at radius 2 is 1.91 bits per heavy atom. The molecule has 0 aliphatic carbocycles. The second-order valence-corrected chi connectivity index (χ2v) is 8.72. The first-order valence-electron chi connectivity index (χ1n) is 11.2. The van der Waals surface area contributed by atoms with E-state index in [0.29, 0.717) is 18.5 Å². The van der Waals surface area contributed by atoms with E-state index in [4.69, 9.17) is 5.73 Å². The maximum atomic E-state index is 12.8. The summed E-state index contributed by atoms with van der Waals surface area (Å²) in [6.45, 7) is 2.81. The predicted molar refractivity (Wildman–Crippen MR) is 130 cm³/mol. The Hall–Kier alpha value is -3.47. The molecule has 1 aliphatic heterocycles. The van der Waals surface area contributed by atoms with Gasteiger partial charge in [0.05, 0.1) is 6.04 Å². The van der Waals surface area contributed by atoms with Crippen LogP contribution in [0.2, 0.25) is 0 Å². The van der Waals surface area contributed by atoms with E-state index in [9.17, 15) is 9.90 Å². The number of rotatable bonds is 6. The average Bonchev–Trinajstić information content (AvgIpc) is 2.76. The molecule has 32 heavy (non-hydrogen) atoms. The van der Waals surface area contributed by atoms with Gasteiger partial charge in [-0.15, -0.1) is 0 Å². The molecule has 0 bridgehead atoms. The van der Waals surface area contributed by atoms with Crippen molar-refractivity contribution in [2.24, 2.45) is 0 Å². The fourth-order valence-corrected chi connectivity index (χ4v) is 4.59. The molecule has 0 radical (unpaired) electrons. The number of nitrogens with one attached hydrogen (secondary N) is 1. The monoisotopic (exact) mass is 429 g/mol. The summed E-state index contributed by atoms with van der Waals surface area (Å²) in [7, 11) is 2.10. The van der Waals surface area contributed by atoms with E-state index >= 15 is 0 Å². The number of phenols is 1. The molecule has 0 saturated carbocycles. The lowest BCUT2D eigenvalue weighted by molar-refractivity contribution is -0.121. The molecule has 1 amide bonds. The Morgan fingerprint density at radius 1 is 1.12 bits per heavy atom. The van der Waals surface area contributed by atoms with Gasteiger partial charge in [0, 0.05) is 37.5 Å². The van der Waals surface area contributed by atoms with Crippen LogP contribution in [-0.2, 0) is 17.6 Å². The average molecular weight is 430 g/mol. The van der Waals surface area contributed by atoms with Gasteiger partial charge in [-0.2, -0.15) is 0 Å². The molecule has 0 fully saturated rings. The van der Waals surface area contributed by atoms with Gasteiger partial charge in [-0.1, -0.05) is 42.5 Å². The fourth-order valence-electron chi connectivity index (χ4n) is 4.59. The summed E-state index contributed by atoms with van der Waals surface area (Å²) >= 11 is 0. The number of phenolic OH excluding ortho intramolecular Hbond substituents is 1. The third-order valence-corrected chi connectivity index (χ3v) is 6.31. The Morgan fingerprint density at radius 3 is 2.66 bits per heavy atom. The highest BCUT2D eigenvalue weighted by atomic mass is 16.3. The summed E-state index contributed by atoms with van der Waals surface area (Å²) in [4.78, 5) is 15.1. The lowest BCUT2D eigenvalue weighted by Crippen LogP contribution is -2.36. The minimum atomic E-state index is 0.00249. The Labute approximate surface area is 189 Å². The van der Waals surface area contributed by atoms with Crippen molar-refractivity contribution in [3.63, 3.8) is 0 Å². The zero-order chi connectivity index (χ0) is 22.7. The normalized spacial score (nSPS) is 15.3. The van der Waals surface area contributed by atoms with Crippen LogP contribution in [0.5, 0.6) is 5.75 Å². The van der Waals surface area contributed by atoms with Gasteiger partial charge < -0.3 is 21.1 Å². The van der Waals surface area contributed by atoms with Crippen molar-refractivity contribution in [3.8, 4) is 5.75 Å². The molecule has 0 aromatic heterocycles. The summed E-state index contributed by atoms with van der Waals surface area (Å²) in [5, 5.41) is 12.9. The predicted octanol–water partition coefficient (Wildman–Crippen LogP) is 4.50. The van der Waals surface area contributed by atoms with Crippen molar-refractivity contribution in [2.45, 2.75) is 38.6 Å². The number of benzene rings is 3. The molecule has 166 valence electrons. The van der Waals surface area contributed by atoms with Crippen LogP contribution in [0.3, 0.4) is 0 Å². The van der Waals surface area contributed by atoms with Crippen molar-refractivity contribution in [3.05, 3.63) is 88.5 Å². The minimum Gasteiger partial charge on any atom is -0.508 e. The SMILES string of the molecule is Cc1cc(O)cc(N)c1CCC(=O)NC1CCN(C)c2ccc(Cc3ccccc3)cc21. The largest absolute Gasteiger partial charge is 0.508 e. The van der Waals surface area contributed by atoms with Gasteiger partial charge in [-0.05, 0) is 66.1 Å². The van der Waals surface area contributed by atoms with Crippen LogP contribution in [0.4, 0.5) is 11.4 Å². The molecule has 4 N–H and O–H groups in total. The zero-order valence-corrected chi connectivity index (χ0v) is 18.8. The molecule has 3 aromatic carbocycles. The molecular weight excluding hydrogens is 398 g/mol. The minimum absolute atomic E-state index is 0.00249. The molecule has 1 atom stereocenters. The second-order valence-electron chi connectivity index (χ2n) is 8.72. The maximum Gasteiger partial charge on any atom is 0.220 e. The molecule has 5 heteroatoms. The van der Waals surface area contributed by atoms with Crippen molar-refractivity contribution < 1.29 is 9.90 Å². The van der Waals surface area contributed by atoms with E-state index in [2.05, 4.69) is 59.7 Å². The first-order chi connectivity index (χ1) is 15.4. The fraction of sp³-hybridized carbons (Fsp3) is 0.296. The van der Waals surface area contributed by atoms with Gasteiger partial charge in [-0.3, -0.25) is 4.79 Å². The number of hydrogen-bond donors (Lipinski definition) is 3. The number of fused-ring (bicyclic) bond motifs is 1. The molecule has 1 heterocycles. The van der Waals surface area contributed by atoms with Crippen molar-refractivity contribution in [1.29, 1.82) is 0 Å². The van der Waals surface area contributed by atoms with E-state index in [0.717, 1.165) is 30.5 Å². The number of anilines is 2. The maximum absolute atomic E-state index is 12.8. The van der Waals surface area contributed by atoms with Crippen LogP contribution in [0.15, 0.2) is 60.7 Å². The van der Waals surface area contributed by atoms with Crippen LogP contribution in [0.1, 0.15) is 46.7 Å². The number of amides is 1. The summed E-state index contributed by atoms with van der Waals surface area (Å²) in [6.07, 6.45) is 2.67. The number of hydrogen-bond acceptors (Lipinski definition) is 4. The van der Waals surface area contributed by atoms with E-state index in [1.54, 1.807) is 12.1 Å². The molecule has 1 unspecified atom stereocenters. The number of carbonyl (C=O) groups is 1. The summed E-state index contributed by atoms with van der Waals surface area (Å²) in [5.74, 6) is 0.174. The van der Waals surface area contributed by atoms with E-state index < -0.39 is 0 Å². The lowest BCUT2D eigenvalue weighted by atomic mass is 9.92. The second kappa shape index (κ2) is 9.35. The van der Waals surface area contributed by atoms with E-state index in [1.165, 1.54) is 22.4 Å². The quantitative estimate of drug-likeness (QED) is 0.504. The number of nitrogen functional groups attached to an aromatic ring is 1. The summed E-state index contributed by atoms with van der Waals surface area (Å²) in [6, 6.07) is 20.3. The van der Waals surface area contributed by atoms with Crippen LogP contribution in [0.25, 0.3) is 0 Å². The third-order valence-electron chi connectivity index (χ3n) is 6.31. The van der Waals surface area contributed by atoms with Gasteiger partial charge in [0.1, 0.15) is 5.75 Å². The Bertz CT molecular complexity index is 1090. The molecule has 1 aliphatic rings.